The number of unbranched alkanes of at least 4 members (excludes halogenated alkanes) is 1. The molecule has 1 rings (SSSR count). The summed E-state index contributed by atoms with van der Waals surface area (Å²) in [5.41, 5.74) is 0.941. The molecule has 0 spiro atoms. The van der Waals surface area contributed by atoms with Crippen LogP contribution >= 0.6 is 0 Å². The highest BCUT2D eigenvalue weighted by molar-refractivity contribution is 5.93. The molecule has 0 aliphatic carbocycles. The molecule has 0 heterocycles. The zero-order valence-electron chi connectivity index (χ0n) is 9.50. The van der Waals surface area contributed by atoms with Gasteiger partial charge in [-0.15, -0.1) is 0 Å². The lowest BCUT2D eigenvalue weighted by Crippen LogP contribution is -2.04. The van der Waals surface area contributed by atoms with E-state index in [0.717, 1.165) is 12.8 Å². The fraction of sp³-hybridized carbons (Fsp3) is 0.308. The lowest BCUT2D eigenvalue weighted by atomic mass is 10.1. The second-order valence-corrected chi connectivity index (χ2v) is 3.41. The number of rotatable bonds is 4. The van der Waals surface area contributed by atoms with E-state index in [9.17, 15) is 9.18 Å². The van der Waals surface area contributed by atoms with Crippen molar-refractivity contribution in [3.63, 3.8) is 0 Å². The van der Waals surface area contributed by atoms with Crippen LogP contribution in [0.1, 0.15) is 35.7 Å². The fourth-order valence-electron chi connectivity index (χ4n) is 1.34. The van der Waals surface area contributed by atoms with Crippen molar-refractivity contribution in [3.8, 4) is 0 Å². The van der Waals surface area contributed by atoms with Crippen molar-refractivity contribution in [1.82, 2.24) is 0 Å². The molecule has 0 atom stereocenters. The largest absolute Gasteiger partial charge is 0.465 e. The van der Waals surface area contributed by atoms with Crippen molar-refractivity contribution in [2.75, 3.05) is 7.11 Å². The van der Waals surface area contributed by atoms with Crippen LogP contribution in [0.3, 0.4) is 0 Å². The minimum atomic E-state index is -0.518. The molecular formula is C13H15FO2. The molecule has 0 radical (unpaired) electrons. The Morgan fingerprint density at radius 2 is 2.25 bits per heavy atom. The van der Waals surface area contributed by atoms with E-state index in [0.29, 0.717) is 5.56 Å². The number of carbonyl (C=O) groups excluding carboxylic acids is 1. The Labute approximate surface area is 94.7 Å². The fourth-order valence-corrected chi connectivity index (χ4v) is 1.34. The molecule has 0 unspecified atom stereocenters. The first-order chi connectivity index (χ1) is 7.69. The Bertz CT molecular complexity index is 397. The Morgan fingerprint density at radius 1 is 1.50 bits per heavy atom. The lowest BCUT2D eigenvalue weighted by Gasteiger charge is -2.03. The Balaban J connectivity index is 3.02. The van der Waals surface area contributed by atoms with E-state index in [-0.39, 0.29) is 5.56 Å². The number of ether oxygens (including phenoxy) is 1. The molecule has 3 heteroatoms. The van der Waals surface area contributed by atoms with Gasteiger partial charge >= 0.3 is 5.97 Å². The molecule has 1 aromatic carbocycles. The Morgan fingerprint density at radius 3 is 2.88 bits per heavy atom. The monoisotopic (exact) mass is 222 g/mol. The van der Waals surface area contributed by atoms with Crippen molar-refractivity contribution in [2.45, 2.75) is 19.8 Å². The minimum absolute atomic E-state index is 0.259. The van der Waals surface area contributed by atoms with Gasteiger partial charge in [-0.25, -0.2) is 9.18 Å². The lowest BCUT2D eigenvalue weighted by molar-refractivity contribution is 0.0600. The quantitative estimate of drug-likeness (QED) is 0.729. The molecule has 0 saturated heterocycles. The molecule has 2 nitrogen and oxygen atoms in total. The summed E-state index contributed by atoms with van der Waals surface area (Å²) in [4.78, 5) is 11.4. The summed E-state index contributed by atoms with van der Waals surface area (Å²) in [7, 11) is 1.28. The number of methoxy groups -OCH3 is 1. The molecule has 0 aliphatic rings. The average molecular weight is 222 g/mol. The van der Waals surface area contributed by atoms with Crippen LogP contribution in [0.5, 0.6) is 0 Å². The normalized spacial score (nSPS) is 10.7. The van der Waals surface area contributed by atoms with Gasteiger partial charge in [0.25, 0.3) is 0 Å². The predicted octanol–water partition coefficient (Wildman–Crippen LogP) is 3.43. The second-order valence-electron chi connectivity index (χ2n) is 3.41. The van der Waals surface area contributed by atoms with Gasteiger partial charge in [0.15, 0.2) is 0 Å². The summed E-state index contributed by atoms with van der Waals surface area (Å²) in [5.74, 6) is -0.955. The maximum Gasteiger partial charge on any atom is 0.338 e. The van der Waals surface area contributed by atoms with Gasteiger partial charge in [-0.3, -0.25) is 0 Å². The highest BCUT2D eigenvalue weighted by Gasteiger charge is 2.10. The molecule has 0 saturated carbocycles. The third-order valence-electron chi connectivity index (χ3n) is 2.17. The third-order valence-corrected chi connectivity index (χ3v) is 2.17. The summed E-state index contributed by atoms with van der Waals surface area (Å²) in [6, 6.07) is 4.10. The predicted molar refractivity (Wildman–Crippen MR) is 61.7 cm³/mol. The van der Waals surface area contributed by atoms with E-state index < -0.39 is 11.8 Å². The highest BCUT2D eigenvalue weighted by Crippen LogP contribution is 2.14. The first kappa shape index (κ1) is 12.4. The van der Waals surface area contributed by atoms with Gasteiger partial charge in [-0.1, -0.05) is 31.6 Å². The number of hydrogen-bond donors (Lipinski definition) is 0. The van der Waals surface area contributed by atoms with Crippen molar-refractivity contribution in [1.29, 1.82) is 0 Å². The number of esters is 1. The summed E-state index contributed by atoms with van der Waals surface area (Å²) in [6.45, 7) is 2.07. The van der Waals surface area contributed by atoms with Crippen LogP contribution in [-0.4, -0.2) is 13.1 Å². The van der Waals surface area contributed by atoms with E-state index >= 15 is 0 Å². The molecule has 0 N–H and O–H groups in total. The average Bonchev–Trinajstić information content (AvgIpc) is 2.30. The SMILES string of the molecule is CCC/C=C/c1ccc(F)cc1C(=O)OC. The van der Waals surface area contributed by atoms with E-state index in [2.05, 4.69) is 11.7 Å². The maximum absolute atomic E-state index is 13.0. The molecule has 1 aromatic rings. The second kappa shape index (κ2) is 6.05. The topological polar surface area (TPSA) is 26.3 Å². The number of allylic oxidation sites excluding steroid dienone is 1. The Kier molecular flexibility index (Phi) is 4.70. The van der Waals surface area contributed by atoms with Crippen molar-refractivity contribution < 1.29 is 13.9 Å². The standard InChI is InChI=1S/C13H15FO2/c1-3-4-5-6-10-7-8-11(14)9-12(10)13(15)16-2/h5-9H,3-4H2,1-2H3/b6-5+. The first-order valence-corrected chi connectivity index (χ1v) is 5.23. The van der Waals surface area contributed by atoms with E-state index in [4.69, 9.17) is 0 Å². The first-order valence-electron chi connectivity index (χ1n) is 5.23. The van der Waals surface area contributed by atoms with Crippen LogP contribution in [-0.2, 0) is 4.74 Å². The zero-order valence-corrected chi connectivity index (χ0v) is 9.50. The van der Waals surface area contributed by atoms with Crippen LogP contribution < -0.4 is 0 Å². The summed E-state index contributed by atoms with van der Waals surface area (Å²) in [5, 5.41) is 0. The van der Waals surface area contributed by atoms with Gasteiger partial charge < -0.3 is 4.74 Å². The molecule has 0 aliphatic heterocycles. The van der Waals surface area contributed by atoms with Crippen LogP contribution in [0.15, 0.2) is 24.3 Å². The van der Waals surface area contributed by atoms with Gasteiger partial charge in [-0.05, 0) is 24.1 Å². The van der Waals surface area contributed by atoms with Crippen molar-refractivity contribution in [2.24, 2.45) is 0 Å². The molecule has 0 aromatic heterocycles. The van der Waals surface area contributed by atoms with E-state index in [1.807, 2.05) is 12.2 Å². The van der Waals surface area contributed by atoms with Crippen LogP contribution in [0.2, 0.25) is 0 Å². The van der Waals surface area contributed by atoms with Gasteiger partial charge in [0.2, 0.25) is 0 Å². The smallest absolute Gasteiger partial charge is 0.338 e. The van der Waals surface area contributed by atoms with Crippen LogP contribution in [0, 0.1) is 5.82 Å². The maximum atomic E-state index is 13.0. The summed E-state index contributed by atoms with van der Waals surface area (Å²) >= 11 is 0. The van der Waals surface area contributed by atoms with Crippen molar-refractivity contribution in [3.05, 3.63) is 41.2 Å². The van der Waals surface area contributed by atoms with Gasteiger partial charge in [0, 0.05) is 0 Å². The van der Waals surface area contributed by atoms with E-state index in [1.54, 1.807) is 6.07 Å². The van der Waals surface area contributed by atoms with Crippen LogP contribution in [0.25, 0.3) is 6.08 Å². The molecule has 0 amide bonds. The summed E-state index contributed by atoms with van der Waals surface area (Å²) in [6.07, 6.45) is 5.73. The number of carbonyl (C=O) groups is 1. The molecule has 0 fully saturated rings. The van der Waals surface area contributed by atoms with Gasteiger partial charge in [0.1, 0.15) is 5.82 Å². The van der Waals surface area contributed by atoms with Gasteiger partial charge in [0.05, 0.1) is 12.7 Å². The third kappa shape index (κ3) is 3.19. The van der Waals surface area contributed by atoms with Crippen LogP contribution in [0.4, 0.5) is 4.39 Å². The van der Waals surface area contributed by atoms with E-state index in [1.165, 1.54) is 19.2 Å². The van der Waals surface area contributed by atoms with Crippen molar-refractivity contribution >= 4 is 12.0 Å². The zero-order chi connectivity index (χ0) is 12.0. The number of halogens is 1. The molecule has 0 bridgehead atoms. The molecule has 86 valence electrons. The van der Waals surface area contributed by atoms with Gasteiger partial charge in [-0.2, -0.15) is 0 Å². The molecular weight excluding hydrogens is 207 g/mol. The summed E-state index contributed by atoms with van der Waals surface area (Å²) < 4.78 is 17.6. The highest BCUT2D eigenvalue weighted by atomic mass is 19.1. The molecule has 16 heavy (non-hydrogen) atoms. The number of hydrogen-bond acceptors (Lipinski definition) is 2. The Hall–Kier alpha value is -1.64. The minimum Gasteiger partial charge on any atom is -0.465 e. The number of benzene rings is 1.